The van der Waals surface area contributed by atoms with Crippen molar-refractivity contribution in [2.75, 3.05) is 0 Å². The highest BCUT2D eigenvalue weighted by Gasteiger charge is 2.24. The van der Waals surface area contributed by atoms with Crippen LogP contribution < -0.4 is 5.73 Å². The van der Waals surface area contributed by atoms with Gasteiger partial charge in [-0.2, -0.15) is 0 Å². The minimum absolute atomic E-state index is 0.278. The van der Waals surface area contributed by atoms with Gasteiger partial charge in [-0.05, 0) is 54.2 Å². The molecule has 98 valence electrons. The zero-order valence-corrected chi connectivity index (χ0v) is 11.5. The molecule has 0 aromatic heterocycles. The van der Waals surface area contributed by atoms with Crippen molar-refractivity contribution in [2.24, 2.45) is 5.73 Å². The highest BCUT2D eigenvalue weighted by atomic mass is 14.6. The smallest absolute Gasteiger partial charge is 0.0297 e. The summed E-state index contributed by atoms with van der Waals surface area (Å²) in [6, 6.07) is 7.46. The predicted octanol–water partition coefficient (Wildman–Crippen LogP) is 4.63. The van der Waals surface area contributed by atoms with E-state index in [2.05, 4.69) is 25.1 Å². The van der Waals surface area contributed by atoms with Gasteiger partial charge in [-0.1, -0.05) is 44.4 Å². The number of benzene rings is 1. The van der Waals surface area contributed by atoms with Crippen molar-refractivity contribution < 1.29 is 0 Å². The second-order valence-electron chi connectivity index (χ2n) is 6.31. The fourth-order valence-electron chi connectivity index (χ4n) is 3.79. The Hall–Kier alpha value is -0.820. The summed E-state index contributed by atoms with van der Waals surface area (Å²) in [5, 5.41) is 0. The van der Waals surface area contributed by atoms with E-state index in [0.717, 1.165) is 12.3 Å². The van der Waals surface area contributed by atoms with Crippen LogP contribution in [0.2, 0.25) is 0 Å². The van der Waals surface area contributed by atoms with E-state index in [1.165, 1.54) is 49.7 Å². The van der Waals surface area contributed by atoms with Gasteiger partial charge in [0.15, 0.2) is 0 Å². The predicted molar refractivity (Wildman–Crippen MR) is 76.8 cm³/mol. The molecule has 1 heteroatoms. The van der Waals surface area contributed by atoms with Crippen molar-refractivity contribution in [2.45, 2.75) is 69.7 Å². The maximum Gasteiger partial charge on any atom is 0.0297 e. The molecule has 3 rings (SSSR count). The summed E-state index contributed by atoms with van der Waals surface area (Å²) in [4.78, 5) is 0. The van der Waals surface area contributed by atoms with Crippen LogP contribution in [0, 0.1) is 0 Å². The molecule has 0 heterocycles. The van der Waals surface area contributed by atoms with Crippen LogP contribution >= 0.6 is 0 Å². The van der Waals surface area contributed by atoms with Gasteiger partial charge in [-0.15, -0.1) is 0 Å². The number of hydrogen-bond donors (Lipinski definition) is 1. The van der Waals surface area contributed by atoms with Crippen molar-refractivity contribution in [3.8, 4) is 0 Å². The lowest BCUT2D eigenvalue weighted by Gasteiger charge is -2.30. The standard InChI is InChI=1S/C17H25N/c1-12-7-10-17(18)16-11-14(8-9-15(12)16)13-5-3-2-4-6-13/h8-9,11-13,17H,2-7,10,18H2,1H3/t12?,17-/m1/s1. The van der Waals surface area contributed by atoms with Crippen molar-refractivity contribution in [3.05, 3.63) is 34.9 Å². The van der Waals surface area contributed by atoms with Crippen LogP contribution in [-0.4, -0.2) is 0 Å². The van der Waals surface area contributed by atoms with Crippen LogP contribution in [0.25, 0.3) is 0 Å². The molecule has 1 aromatic carbocycles. The van der Waals surface area contributed by atoms with E-state index >= 15 is 0 Å². The van der Waals surface area contributed by atoms with Crippen LogP contribution in [-0.2, 0) is 0 Å². The Labute approximate surface area is 111 Å². The summed E-state index contributed by atoms with van der Waals surface area (Å²) >= 11 is 0. The third kappa shape index (κ3) is 2.21. The van der Waals surface area contributed by atoms with E-state index in [9.17, 15) is 0 Å². The SMILES string of the molecule is CC1CC[C@@H](N)c2cc(C3CCCCC3)ccc21. The third-order valence-electron chi connectivity index (χ3n) is 5.03. The van der Waals surface area contributed by atoms with Crippen molar-refractivity contribution in [3.63, 3.8) is 0 Å². The van der Waals surface area contributed by atoms with Gasteiger partial charge in [0.05, 0.1) is 0 Å². The Kier molecular flexibility index (Phi) is 3.43. The molecule has 0 saturated heterocycles. The maximum atomic E-state index is 6.31. The Balaban J connectivity index is 1.91. The molecule has 0 amide bonds. The van der Waals surface area contributed by atoms with Gasteiger partial charge in [-0.3, -0.25) is 0 Å². The highest BCUT2D eigenvalue weighted by molar-refractivity contribution is 5.39. The van der Waals surface area contributed by atoms with Crippen molar-refractivity contribution in [1.82, 2.24) is 0 Å². The molecule has 18 heavy (non-hydrogen) atoms. The molecule has 0 aliphatic heterocycles. The quantitative estimate of drug-likeness (QED) is 0.764. The minimum atomic E-state index is 0.278. The topological polar surface area (TPSA) is 26.0 Å². The molecule has 2 aliphatic carbocycles. The van der Waals surface area contributed by atoms with E-state index in [1.54, 1.807) is 5.56 Å². The van der Waals surface area contributed by atoms with Gasteiger partial charge in [0.1, 0.15) is 0 Å². The minimum Gasteiger partial charge on any atom is -0.324 e. The van der Waals surface area contributed by atoms with Crippen molar-refractivity contribution >= 4 is 0 Å². The van der Waals surface area contributed by atoms with Crippen LogP contribution in [0.1, 0.15) is 86.4 Å². The third-order valence-corrected chi connectivity index (χ3v) is 5.03. The normalized spacial score (nSPS) is 29.0. The second-order valence-corrected chi connectivity index (χ2v) is 6.31. The lowest BCUT2D eigenvalue weighted by molar-refractivity contribution is 0.441. The second kappa shape index (κ2) is 5.05. The summed E-state index contributed by atoms with van der Waals surface area (Å²) in [5.41, 5.74) is 10.8. The largest absolute Gasteiger partial charge is 0.324 e. The first-order valence-corrected chi connectivity index (χ1v) is 7.65. The Bertz CT molecular complexity index is 418. The average molecular weight is 243 g/mol. The molecule has 1 nitrogen and oxygen atoms in total. The molecular weight excluding hydrogens is 218 g/mol. The zero-order valence-electron chi connectivity index (χ0n) is 11.5. The fourth-order valence-corrected chi connectivity index (χ4v) is 3.79. The van der Waals surface area contributed by atoms with Gasteiger partial charge in [0.25, 0.3) is 0 Å². The molecular formula is C17H25N. The number of fused-ring (bicyclic) bond motifs is 1. The monoisotopic (exact) mass is 243 g/mol. The van der Waals surface area contributed by atoms with Crippen LogP contribution in [0.4, 0.5) is 0 Å². The molecule has 2 N–H and O–H groups in total. The molecule has 1 unspecified atom stereocenters. The molecule has 0 radical (unpaired) electrons. The van der Waals surface area contributed by atoms with Crippen LogP contribution in [0.5, 0.6) is 0 Å². The van der Waals surface area contributed by atoms with E-state index in [1.807, 2.05) is 0 Å². The zero-order chi connectivity index (χ0) is 12.5. The average Bonchev–Trinajstić information content (AvgIpc) is 2.44. The van der Waals surface area contributed by atoms with Gasteiger partial charge in [-0.25, -0.2) is 0 Å². The lowest BCUT2D eigenvalue weighted by Crippen LogP contribution is -2.20. The summed E-state index contributed by atoms with van der Waals surface area (Å²) in [6.07, 6.45) is 9.40. The van der Waals surface area contributed by atoms with E-state index < -0.39 is 0 Å². The lowest BCUT2D eigenvalue weighted by atomic mass is 9.77. The molecule has 1 fully saturated rings. The van der Waals surface area contributed by atoms with Crippen molar-refractivity contribution in [1.29, 1.82) is 0 Å². The molecule has 2 aliphatic rings. The summed E-state index contributed by atoms with van der Waals surface area (Å²) in [7, 11) is 0. The number of rotatable bonds is 1. The highest BCUT2D eigenvalue weighted by Crippen LogP contribution is 2.39. The molecule has 1 saturated carbocycles. The van der Waals surface area contributed by atoms with E-state index in [-0.39, 0.29) is 6.04 Å². The van der Waals surface area contributed by atoms with E-state index in [0.29, 0.717) is 5.92 Å². The Morgan fingerprint density at radius 2 is 1.72 bits per heavy atom. The summed E-state index contributed by atoms with van der Waals surface area (Å²) in [6.45, 7) is 2.34. The van der Waals surface area contributed by atoms with Crippen LogP contribution in [0.3, 0.4) is 0 Å². The van der Waals surface area contributed by atoms with Gasteiger partial charge >= 0.3 is 0 Å². The first-order valence-electron chi connectivity index (χ1n) is 7.65. The summed E-state index contributed by atoms with van der Waals surface area (Å²) in [5.74, 6) is 1.49. The van der Waals surface area contributed by atoms with Gasteiger partial charge in [0.2, 0.25) is 0 Å². The van der Waals surface area contributed by atoms with Crippen LogP contribution in [0.15, 0.2) is 18.2 Å². The van der Waals surface area contributed by atoms with Gasteiger partial charge in [0, 0.05) is 6.04 Å². The number of nitrogens with two attached hydrogens (primary N) is 1. The molecule has 0 spiro atoms. The molecule has 0 bridgehead atoms. The van der Waals surface area contributed by atoms with E-state index in [4.69, 9.17) is 5.73 Å². The molecule has 1 aromatic rings. The first-order chi connectivity index (χ1) is 8.75. The Morgan fingerprint density at radius 3 is 2.50 bits per heavy atom. The number of hydrogen-bond acceptors (Lipinski definition) is 1. The first kappa shape index (κ1) is 12.2. The Morgan fingerprint density at radius 1 is 0.944 bits per heavy atom. The fraction of sp³-hybridized carbons (Fsp3) is 0.647. The maximum absolute atomic E-state index is 6.31. The summed E-state index contributed by atoms with van der Waals surface area (Å²) < 4.78 is 0. The van der Waals surface area contributed by atoms with Gasteiger partial charge < -0.3 is 5.73 Å². The molecule has 2 atom stereocenters.